The molecule has 1 heterocycles. The predicted octanol–water partition coefficient (Wildman–Crippen LogP) is 15.4. The highest BCUT2D eigenvalue weighted by molar-refractivity contribution is 6.14. The number of nitrogens with zero attached hydrogens (tertiary/aromatic N) is 2. The summed E-state index contributed by atoms with van der Waals surface area (Å²) in [6.45, 7) is 4.71. The summed E-state index contributed by atoms with van der Waals surface area (Å²) in [5.41, 5.74) is 19.5. The molecule has 1 aliphatic heterocycles. The van der Waals surface area contributed by atoms with Gasteiger partial charge in [-0.25, -0.2) is 0 Å². The van der Waals surface area contributed by atoms with Crippen LogP contribution in [0.2, 0.25) is 0 Å². The van der Waals surface area contributed by atoms with E-state index in [0.29, 0.717) is 0 Å². The predicted molar refractivity (Wildman–Crippen MR) is 241 cm³/mol. The van der Waals surface area contributed by atoms with Crippen LogP contribution < -0.4 is 9.80 Å². The first-order chi connectivity index (χ1) is 28.0. The molecule has 0 saturated heterocycles. The summed E-state index contributed by atoms with van der Waals surface area (Å²) in [4.78, 5) is 4.83. The van der Waals surface area contributed by atoms with Gasteiger partial charge >= 0.3 is 0 Å². The minimum absolute atomic E-state index is 0.100. The third-order valence-corrected chi connectivity index (χ3v) is 12.2. The average molecular weight is 729 g/mol. The molecule has 270 valence electrons. The van der Waals surface area contributed by atoms with Crippen molar-refractivity contribution in [3.05, 3.63) is 217 Å². The minimum atomic E-state index is -0.100. The zero-order valence-corrected chi connectivity index (χ0v) is 32.0. The Morgan fingerprint density at radius 1 is 0.368 bits per heavy atom. The summed E-state index contributed by atoms with van der Waals surface area (Å²) >= 11 is 0. The third kappa shape index (κ3) is 5.33. The van der Waals surface area contributed by atoms with Gasteiger partial charge in [-0.1, -0.05) is 153 Å². The van der Waals surface area contributed by atoms with E-state index in [1.165, 1.54) is 77.8 Å². The Morgan fingerprint density at radius 3 is 1.79 bits per heavy atom. The molecule has 0 atom stereocenters. The molecule has 0 N–H and O–H groups in total. The van der Waals surface area contributed by atoms with E-state index < -0.39 is 0 Å². The highest BCUT2D eigenvalue weighted by Crippen LogP contribution is 2.53. The summed E-state index contributed by atoms with van der Waals surface area (Å²) in [5, 5.41) is 2.54. The Balaban J connectivity index is 1.03. The first-order valence-electron chi connectivity index (χ1n) is 19.8. The number of hydrogen-bond acceptors (Lipinski definition) is 2. The Kier molecular flexibility index (Phi) is 7.55. The maximum absolute atomic E-state index is 2.42. The van der Waals surface area contributed by atoms with Crippen LogP contribution in [0.15, 0.2) is 206 Å². The van der Waals surface area contributed by atoms with Crippen LogP contribution in [-0.4, -0.2) is 0 Å². The van der Waals surface area contributed by atoms with E-state index in [9.17, 15) is 0 Å². The van der Waals surface area contributed by atoms with E-state index in [-0.39, 0.29) is 5.41 Å². The van der Waals surface area contributed by atoms with Crippen molar-refractivity contribution in [2.24, 2.45) is 0 Å². The number of hydrogen-bond donors (Lipinski definition) is 0. The molecule has 0 aromatic heterocycles. The number of benzene rings is 9. The van der Waals surface area contributed by atoms with Gasteiger partial charge in [0.2, 0.25) is 0 Å². The Morgan fingerprint density at radius 2 is 0.965 bits per heavy atom. The normalized spacial score (nSPS) is 13.2. The van der Waals surface area contributed by atoms with E-state index in [1.807, 2.05) is 0 Å². The van der Waals surface area contributed by atoms with Crippen LogP contribution >= 0.6 is 0 Å². The molecule has 0 bridgehead atoms. The van der Waals surface area contributed by atoms with Crippen molar-refractivity contribution < 1.29 is 0 Å². The molecule has 1 aliphatic carbocycles. The van der Waals surface area contributed by atoms with Crippen molar-refractivity contribution in [3.63, 3.8) is 0 Å². The summed E-state index contributed by atoms with van der Waals surface area (Å²) in [7, 11) is 0. The maximum atomic E-state index is 2.42. The molecule has 57 heavy (non-hydrogen) atoms. The first kappa shape index (κ1) is 33.2. The highest BCUT2D eigenvalue weighted by atomic mass is 15.2. The quantitative estimate of drug-likeness (QED) is 0.168. The van der Waals surface area contributed by atoms with Gasteiger partial charge in [0.25, 0.3) is 0 Å². The fraction of sp³-hybridized carbons (Fsp3) is 0.0545. The molecule has 0 unspecified atom stereocenters. The molecular formula is C55H40N2. The second kappa shape index (κ2) is 13.0. The van der Waals surface area contributed by atoms with Gasteiger partial charge in [0, 0.05) is 39.1 Å². The van der Waals surface area contributed by atoms with Gasteiger partial charge in [0.1, 0.15) is 0 Å². The van der Waals surface area contributed by atoms with Gasteiger partial charge in [-0.2, -0.15) is 0 Å². The lowest BCUT2D eigenvalue weighted by molar-refractivity contribution is 0.660. The number of rotatable bonds is 6. The van der Waals surface area contributed by atoms with Gasteiger partial charge in [-0.3, -0.25) is 0 Å². The Hall–Kier alpha value is -7.16. The van der Waals surface area contributed by atoms with Crippen LogP contribution in [0.1, 0.15) is 25.0 Å². The van der Waals surface area contributed by atoms with Crippen LogP contribution in [0.5, 0.6) is 0 Å². The lowest BCUT2D eigenvalue weighted by Crippen LogP contribution is -2.16. The molecule has 2 nitrogen and oxygen atoms in total. The van der Waals surface area contributed by atoms with Gasteiger partial charge < -0.3 is 9.80 Å². The zero-order chi connectivity index (χ0) is 38.1. The average Bonchev–Trinajstić information content (AvgIpc) is 3.50. The largest absolute Gasteiger partial charge is 0.310 e. The topological polar surface area (TPSA) is 6.48 Å². The molecule has 11 rings (SSSR count). The number of fused-ring (bicyclic) bond motifs is 5. The summed E-state index contributed by atoms with van der Waals surface area (Å²) < 4.78 is 0. The van der Waals surface area contributed by atoms with E-state index in [4.69, 9.17) is 0 Å². The minimum Gasteiger partial charge on any atom is -0.310 e. The van der Waals surface area contributed by atoms with Crippen molar-refractivity contribution in [1.82, 2.24) is 0 Å². The monoisotopic (exact) mass is 728 g/mol. The summed E-state index contributed by atoms with van der Waals surface area (Å²) in [5.74, 6) is 0. The molecular weight excluding hydrogens is 689 g/mol. The molecule has 0 amide bonds. The molecule has 2 heteroatoms. The van der Waals surface area contributed by atoms with Crippen LogP contribution in [0.3, 0.4) is 0 Å². The van der Waals surface area contributed by atoms with E-state index in [2.05, 4.69) is 230 Å². The van der Waals surface area contributed by atoms with Crippen LogP contribution in [-0.2, 0) is 5.41 Å². The van der Waals surface area contributed by atoms with E-state index in [0.717, 1.165) is 22.7 Å². The fourth-order valence-electron chi connectivity index (χ4n) is 9.38. The molecule has 0 fully saturated rings. The van der Waals surface area contributed by atoms with Crippen molar-refractivity contribution in [1.29, 1.82) is 0 Å². The standard InChI is InChI=1S/C55H40N2/c1-55(2)50-24-10-9-22-46(50)47-32-31-45(36-51(47)55)56(44-21-11-18-40(34-44)37-14-5-3-6-15-37)43-29-26-38(27-30-43)41-28-33-52-49(35-41)48-23-12-16-39-17-13-25-53(54(39)48)57(52)42-19-7-4-8-20-42/h3-36H,1-2H3. The molecule has 0 radical (unpaired) electrons. The first-order valence-corrected chi connectivity index (χ1v) is 19.8. The Bertz CT molecular complexity index is 2970. The molecule has 2 aliphatic rings. The van der Waals surface area contributed by atoms with Crippen molar-refractivity contribution >= 4 is 44.9 Å². The number of para-hydroxylation sites is 1. The number of anilines is 6. The van der Waals surface area contributed by atoms with Crippen molar-refractivity contribution in [3.8, 4) is 44.5 Å². The SMILES string of the molecule is CC1(C)c2ccccc2-c2ccc(N(c3ccc(-c4ccc5c(c4)-c4cccc6cccc(c46)N5c4ccccc4)cc3)c3cccc(-c4ccccc4)c3)cc21. The van der Waals surface area contributed by atoms with E-state index >= 15 is 0 Å². The second-order valence-electron chi connectivity index (χ2n) is 15.8. The lowest BCUT2D eigenvalue weighted by Gasteiger charge is -2.33. The molecule has 0 saturated carbocycles. The molecule has 9 aromatic carbocycles. The Labute approximate surface area is 334 Å². The third-order valence-electron chi connectivity index (χ3n) is 12.2. The summed E-state index contributed by atoms with van der Waals surface area (Å²) in [6, 6.07) is 75.6. The smallest absolute Gasteiger partial charge is 0.0546 e. The van der Waals surface area contributed by atoms with Gasteiger partial charge in [-0.15, -0.1) is 0 Å². The zero-order valence-electron chi connectivity index (χ0n) is 32.0. The van der Waals surface area contributed by atoms with E-state index in [1.54, 1.807) is 0 Å². The molecule has 9 aromatic rings. The second-order valence-corrected chi connectivity index (χ2v) is 15.8. The summed E-state index contributed by atoms with van der Waals surface area (Å²) in [6.07, 6.45) is 0. The van der Waals surface area contributed by atoms with Crippen LogP contribution in [0, 0.1) is 0 Å². The van der Waals surface area contributed by atoms with Gasteiger partial charge in [0.15, 0.2) is 0 Å². The van der Waals surface area contributed by atoms with Crippen LogP contribution in [0.4, 0.5) is 34.1 Å². The fourth-order valence-corrected chi connectivity index (χ4v) is 9.38. The maximum Gasteiger partial charge on any atom is 0.0546 e. The van der Waals surface area contributed by atoms with Crippen molar-refractivity contribution in [2.45, 2.75) is 19.3 Å². The van der Waals surface area contributed by atoms with Gasteiger partial charge in [-0.05, 0) is 122 Å². The highest BCUT2D eigenvalue weighted by Gasteiger charge is 2.36. The van der Waals surface area contributed by atoms with Gasteiger partial charge in [0.05, 0.1) is 11.4 Å². The lowest BCUT2D eigenvalue weighted by atomic mass is 9.82. The van der Waals surface area contributed by atoms with Crippen molar-refractivity contribution in [2.75, 3.05) is 9.80 Å². The molecule has 0 spiro atoms. The van der Waals surface area contributed by atoms with Crippen LogP contribution in [0.25, 0.3) is 55.3 Å².